The van der Waals surface area contributed by atoms with Crippen molar-refractivity contribution in [3.63, 3.8) is 0 Å². The van der Waals surface area contributed by atoms with E-state index in [4.69, 9.17) is 10.7 Å². The van der Waals surface area contributed by atoms with E-state index in [9.17, 15) is 16.8 Å². The predicted molar refractivity (Wildman–Crippen MR) is 76.7 cm³/mol. The smallest absolute Gasteiger partial charge is 0.207 e. The van der Waals surface area contributed by atoms with Crippen LogP contribution in [0, 0.1) is 0 Å². The van der Waals surface area contributed by atoms with Crippen LogP contribution in [-0.4, -0.2) is 34.2 Å². The van der Waals surface area contributed by atoms with Crippen molar-refractivity contribution in [2.24, 2.45) is 0 Å². The molecular formula is C12H16ClNO4S2. The standard InChI is InChI=1S/C12H16ClNO4S2/c1-14(10-4-2-3-5-10)20(17,18)12-8-6-11(7-9-12)19(13,15)16/h6-10H,2-5H2,1H3. The van der Waals surface area contributed by atoms with E-state index < -0.39 is 19.1 Å². The number of halogens is 1. The van der Waals surface area contributed by atoms with Crippen molar-refractivity contribution in [3.05, 3.63) is 24.3 Å². The number of hydrogen-bond donors (Lipinski definition) is 0. The highest BCUT2D eigenvalue weighted by Gasteiger charge is 2.30. The van der Waals surface area contributed by atoms with Crippen molar-refractivity contribution in [1.82, 2.24) is 4.31 Å². The van der Waals surface area contributed by atoms with Crippen molar-refractivity contribution >= 4 is 29.8 Å². The van der Waals surface area contributed by atoms with Crippen molar-refractivity contribution in [1.29, 1.82) is 0 Å². The summed E-state index contributed by atoms with van der Waals surface area (Å²) in [5, 5.41) is 0. The molecule has 0 radical (unpaired) electrons. The lowest BCUT2D eigenvalue weighted by Gasteiger charge is -2.23. The number of sulfonamides is 1. The Balaban J connectivity index is 2.30. The van der Waals surface area contributed by atoms with Crippen LogP contribution in [0.25, 0.3) is 0 Å². The minimum atomic E-state index is -3.84. The Hall–Kier alpha value is -0.630. The highest BCUT2D eigenvalue weighted by molar-refractivity contribution is 8.13. The van der Waals surface area contributed by atoms with E-state index in [2.05, 4.69) is 0 Å². The summed E-state index contributed by atoms with van der Waals surface area (Å²) >= 11 is 0. The fraction of sp³-hybridized carbons (Fsp3) is 0.500. The summed E-state index contributed by atoms with van der Waals surface area (Å²) in [6.45, 7) is 0. The lowest BCUT2D eigenvalue weighted by Crippen LogP contribution is -2.35. The first-order valence-corrected chi connectivity index (χ1v) is 10.0. The Labute approximate surface area is 124 Å². The zero-order chi connectivity index (χ0) is 15.0. The first-order chi connectivity index (χ1) is 9.23. The van der Waals surface area contributed by atoms with E-state index in [0.29, 0.717) is 0 Å². The minimum absolute atomic E-state index is 0.0245. The lowest BCUT2D eigenvalue weighted by molar-refractivity contribution is 0.373. The molecule has 0 aliphatic heterocycles. The van der Waals surface area contributed by atoms with Gasteiger partial charge in [0.1, 0.15) is 0 Å². The van der Waals surface area contributed by atoms with Gasteiger partial charge in [0.25, 0.3) is 9.05 Å². The first-order valence-electron chi connectivity index (χ1n) is 6.26. The molecule has 1 aliphatic carbocycles. The molecule has 0 N–H and O–H groups in total. The van der Waals surface area contributed by atoms with Gasteiger partial charge in [-0.25, -0.2) is 16.8 Å². The Morgan fingerprint density at radius 2 is 1.45 bits per heavy atom. The molecule has 8 heteroatoms. The summed E-state index contributed by atoms with van der Waals surface area (Å²) in [4.78, 5) is -0.0300. The third-order valence-electron chi connectivity index (χ3n) is 3.62. The molecule has 20 heavy (non-hydrogen) atoms. The summed E-state index contributed by atoms with van der Waals surface area (Å²) in [6, 6.07) is 4.98. The Morgan fingerprint density at radius 1 is 1.00 bits per heavy atom. The van der Waals surface area contributed by atoms with E-state index in [-0.39, 0.29) is 15.8 Å². The molecule has 0 bridgehead atoms. The van der Waals surface area contributed by atoms with Gasteiger partial charge in [0.2, 0.25) is 10.0 Å². The molecule has 1 aromatic carbocycles. The molecule has 2 rings (SSSR count). The van der Waals surface area contributed by atoms with Crippen LogP contribution < -0.4 is 0 Å². The molecule has 1 fully saturated rings. The molecule has 0 heterocycles. The number of nitrogens with zero attached hydrogens (tertiary/aromatic N) is 1. The second-order valence-corrected chi connectivity index (χ2v) is 9.43. The third kappa shape index (κ3) is 3.16. The summed E-state index contributed by atoms with van der Waals surface area (Å²) < 4.78 is 48.5. The van der Waals surface area contributed by atoms with E-state index in [1.807, 2.05) is 0 Å². The predicted octanol–water partition coefficient (Wildman–Crippen LogP) is 2.18. The van der Waals surface area contributed by atoms with Crippen molar-refractivity contribution < 1.29 is 16.8 Å². The molecule has 1 saturated carbocycles. The van der Waals surface area contributed by atoms with E-state index in [1.165, 1.54) is 28.6 Å². The second kappa shape index (κ2) is 5.63. The molecule has 0 atom stereocenters. The van der Waals surface area contributed by atoms with Crippen molar-refractivity contribution in [3.8, 4) is 0 Å². The zero-order valence-corrected chi connectivity index (χ0v) is 13.4. The average molecular weight is 338 g/mol. The van der Waals surface area contributed by atoms with Gasteiger partial charge >= 0.3 is 0 Å². The van der Waals surface area contributed by atoms with E-state index in [0.717, 1.165) is 25.7 Å². The maximum atomic E-state index is 12.4. The topological polar surface area (TPSA) is 71.5 Å². The van der Waals surface area contributed by atoms with Crippen LogP contribution in [0.3, 0.4) is 0 Å². The summed E-state index contributed by atoms with van der Waals surface area (Å²) in [6.07, 6.45) is 3.80. The van der Waals surface area contributed by atoms with E-state index in [1.54, 1.807) is 7.05 Å². The Morgan fingerprint density at radius 3 is 1.90 bits per heavy atom. The number of hydrogen-bond acceptors (Lipinski definition) is 4. The Kier molecular flexibility index (Phi) is 4.44. The van der Waals surface area contributed by atoms with Crippen LogP contribution in [0.15, 0.2) is 34.1 Å². The van der Waals surface area contributed by atoms with Crippen LogP contribution >= 0.6 is 10.7 Å². The van der Waals surface area contributed by atoms with Gasteiger partial charge in [0.05, 0.1) is 9.79 Å². The summed E-state index contributed by atoms with van der Waals surface area (Å²) in [5.74, 6) is 0. The van der Waals surface area contributed by atoms with Gasteiger partial charge < -0.3 is 0 Å². The van der Waals surface area contributed by atoms with Crippen LogP contribution in [0.5, 0.6) is 0 Å². The number of rotatable bonds is 4. The molecule has 0 aromatic heterocycles. The van der Waals surface area contributed by atoms with Gasteiger partial charge in [0.15, 0.2) is 0 Å². The highest BCUT2D eigenvalue weighted by Crippen LogP contribution is 2.27. The van der Waals surface area contributed by atoms with Gasteiger partial charge in [0, 0.05) is 23.8 Å². The number of benzene rings is 1. The van der Waals surface area contributed by atoms with Crippen LogP contribution in [0.4, 0.5) is 0 Å². The van der Waals surface area contributed by atoms with Crippen LogP contribution in [0.2, 0.25) is 0 Å². The molecule has 0 saturated heterocycles. The maximum Gasteiger partial charge on any atom is 0.261 e. The van der Waals surface area contributed by atoms with Gasteiger partial charge in [-0.3, -0.25) is 0 Å². The molecule has 0 unspecified atom stereocenters. The second-order valence-electron chi connectivity index (χ2n) is 4.87. The molecular weight excluding hydrogens is 322 g/mol. The molecule has 1 aliphatic rings. The van der Waals surface area contributed by atoms with Gasteiger partial charge in [-0.05, 0) is 37.1 Å². The lowest BCUT2D eigenvalue weighted by atomic mass is 10.3. The molecule has 0 spiro atoms. The van der Waals surface area contributed by atoms with Gasteiger partial charge in [-0.2, -0.15) is 4.31 Å². The zero-order valence-electron chi connectivity index (χ0n) is 11.0. The molecule has 112 valence electrons. The fourth-order valence-electron chi connectivity index (χ4n) is 2.40. The first kappa shape index (κ1) is 15.8. The largest absolute Gasteiger partial charge is 0.261 e. The SMILES string of the molecule is CN(C1CCCC1)S(=O)(=O)c1ccc(S(=O)(=O)Cl)cc1. The summed E-state index contributed by atoms with van der Waals surface area (Å²) in [5.41, 5.74) is 0. The van der Waals surface area contributed by atoms with Gasteiger partial charge in [-0.1, -0.05) is 12.8 Å². The summed E-state index contributed by atoms with van der Waals surface area (Å²) in [7, 11) is -0.656. The van der Waals surface area contributed by atoms with E-state index >= 15 is 0 Å². The van der Waals surface area contributed by atoms with Gasteiger partial charge in [-0.15, -0.1) is 0 Å². The molecule has 5 nitrogen and oxygen atoms in total. The van der Waals surface area contributed by atoms with Crippen molar-refractivity contribution in [2.45, 2.75) is 41.5 Å². The monoisotopic (exact) mass is 337 g/mol. The van der Waals surface area contributed by atoms with Crippen LogP contribution in [0.1, 0.15) is 25.7 Å². The quantitative estimate of drug-likeness (QED) is 0.789. The Bertz CT molecular complexity index is 677. The minimum Gasteiger partial charge on any atom is -0.207 e. The fourth-order valence-corrected chi connectivity index (χ4v) is 4.59. The average Bonchev–Trinajstić information content (AvgIpc) is 2.90. The van der Waals surface area contributed by atoms with Crippen LogP contribution in [-0.2, 0) is 19.1 Å². The maximum absolute atomic E-state index is 12.4. The normalized spacial score (nSPS) is 17.8. The third-order valence-corrected chi connectivity index (χ3v) is 6.92. The molecule has 1 aromatic rings. The van der Waals surface area contributed by atoms with Crippen molar-refractivity contribution in [2.75, 3.05) is 7.05 Å². The molecule has 0 amide bonds. The highest BCUT2D eigenvalue weighted by atomic mass is 35.7.